The van der Waals surface area contributed by atoms with Crippen LogP contribution in [0.1, 0.15) is 23.8 Å². The van der Waals surface area contributed by atoms with Gasteiger partial charge in [-0.15, -0.1) is 11.3 Å². The Morgan fingerprint density at radius 2 is 2.25 bits per heavy atom. The highest BCUT2D eigenvalue weighted by molar-refractivity contribution is 7.10. The number of thiophene rings is 1. The molecule has 1 N–H and O–H groups in total. The van der Waals surface area contributed by atoms with Crippen molar-refractivity contribution in [1.29, 1.82) is 0 Å². The number of hydrogen-bond donors (Lipinski definition) is 1. The van der Waals surface area contributed by atoms with Crippen molar-refractivity contribution in [2.45, 2.75) is 18.9 Å². The van der Waals surface area contributed by atoms with Gasteiger partial charge in [-0.1, -0.05) is 12.1 Å². The molecule has 1 fully saturated rings. The van der Waals surface area contributed by atoms with Crippen molar-refractivity contribution in [3.63, 3.8) is 0 Å². The van der Waals surface area contributed by atoms with Gasteiger partial charge < -0.3 is 10.2 Å². The maximum atomic E-state index is 13.1. The van der Waals surface area contributed by atoms with Crippen LogP contribution in [-0.2, 0) is 0 Å². The molecular weight excluding hydrogens is 275 g/mol. The standard InChI is InChI=1S/C15H15FN2OS/c16-11-4-1-5-12(10-11)17-15(19)18-8-2-6-13(18)14-7-3-9-20-14/h1,3-5,7,9-10,13H,2,6,8H2,(H,17,19). The first-order chi connectivity index (χ1) is 9.74. The molecule has 0 aliphatic carbocycles. The molecule has 3 rings (SSSR count). The van der Waals surface area contributed by atoms with Gasteiger partial charge in [-0.3, -0.25) is 0 Å². The maximum absolute atomic E-state index is 13.1. The summed E-state index contributed by atoms with van der Waals surface area (Å²) in [7, 11) is 0. The van der Waals surface area contributed by atoms with Crippen LogP contribution in [-0.4, -0.2) is 17.5 Å². The average Bonchev–Trinajstić information content (AvgIpc) is 3.09. The van der Waals surface area contributed by atoms with Crippen LogP contribution in [0, 0.1) is 5.82 Å². The molecular formula is C15H15FN2OS. The number of carbonyl (C=O) groups is 1. The molecule has 0 bridgehead atoms. The minimum atomic E-state index is -0.348. The van der Waals surface area contributed by atoms with Crippen molar-refractivity contribution < 1.29 is 9.18 Å². The molecule has 20 heavy (non-hydrogen) atoms. The number of benzene rings is 1. The van der Waals surface area contributed by atoms with Gasteiger partial charge in [0.15, 0.2) is 0 Å². The summed E-state index contributed by atoms with van der Waals surface area (Å²) in [5.74, 6) is -0.348. The molecule has 1 atom stereocenters. The molecule has 1 aromatic heterocycles. The fourth-order valence-corrected chi connectivity index (χ4v) is 3.42. The van der Waals surface area contributed by atoms with Crippen LogP contribution in [0.3, 0.4) is 0 Å². The highest BCUT2D eigenvalue weighted by Gasteiger charge is 2.30. The third kappa shape index (κ3) is 2.67. The van der Waals surface area contributed by atoms with E-state index in [4.69, 9.17) is 0 Å². The molecule has 104 valence electrons. The molecule has 1 saturated heterocycles. The van der Waals surface area contributed by atoms with E-state index in [1.807, 2.05) is 16.3 Å². The van der Waals surface area contributed by atoms with E-state index in [-0.39, 0.29) is 17.9 Å². The first kappa shape index (κ1) is 13.1. The van der Waals surface area contributed by atoms with Crippen molar-refractivity contribution in [3.05, 3.63) is 52.5 Å². The average molecular weight is 290 g/mol. The van der Waals surface area contributed by atoms with Crippen LogP contribution in [0.5, 0.6) is 0 Å². The van der Waals surface area contributed by atoms with Gasteiger partial charge in [0.1, 0.15) is 5.82 Å². The Labute approximate surface area is 121 Å². The van der Waals surface area contributed by atoms with Gasteiger partial charge >= 0.3 is 6.03 Å². The van der Waals surface area contributed by atoms with Gasteiger partial charge in [-0.05, 0) is 42.5 Å². The second kappa shape index (κ2) is 5.63. The zero-order chi connectivity index (χ0) is 13.9. The lowest BCUT2D eigenvalue weighted by Crippen LogP contribution is -2.34. The van der Waals surface area contributed by atoms with Crippen LogP contribution < -0.4 is 5.32 Å². The Kier molecular flexibility index (Phi) is 3.69. The van der Waals surface area contributed by atoms with E-state index >= 15 is 0 Å². The topological polar surface area (TPSA) is 32.3 Å². The number of carbonyl (C=O) groups excluding carboxylic acids is 1. The summed E-state index contributed by atoms with van der Waals surface area (Å²) in [4.78, 5) is 15.4. The Morgan fingerprint density at radius 1 is 1.35 bits per heavy atom. The van der Waals surface area contributed by atoms with Crippen molar-refractivity contribution in [2.75, 3.05) is 11.9 Å². The lowest BCUT2D eigenvalue weighted by atomic mass is 10.2. The molecule has 2 amide bonds. The van der Waals surface area contributed by atoms with E-state index in [0.29, 0.717) is 5.69 Å². The fourth-order valence-electron chi connectivity index (χ4n) is 2.55. The molecule has 1 aliphatic heterocycles. The van der Waals surface area contributed by atoms with Gasteiger partial charge in [0, 0.05) is 17.1 Å². The van der Waals surface area contributed by atoms with E-state index < -0.39 is 0 Å². The van der Waals surface area contributed by atoms with E-state index in [9.17, 15) is 9.18 Å². The second-order valence-corrected chi connectivity index (χ2v) is 5.79. The summed E-state index contributed by atoms with van der Waals surface area (Å²) < 4.78 is 13.1. The molecule has 2 heterocycles. The molecule has 1 aliphatic rings. The molecule has 0 radical (unpaired) electrons. The highest BCUT2D eigenvalue weighted by Crippen LogP contribution is 2.34. The normalized spacial score (nSPS) is 18.2. The van der Waals surface area contributed by atoms with Gasteiger partial charge in [-0.2, -0.15) is 0 Å². The molecule has 3 nitrogen and oxygen atoms in total. The summed E-state index contributed by atoms with van der Waals surface area (Å²) in [5.41, 5.74) is 0.492. The number of hydrogen-bond acceptors (Lipinski definition) is 2. The quantitative estimate of drug-likeness (QED) is 0.880. The van der Waals surface area contributed by atoms with Crippen LogP contribution >= 0.6 is 11.3 Å². The SMILES string of the molecule is O=C(Nc1cccc(F)c1)N1CCCC1c1cccs1. The Balaban J connectivity index is 1.73. The third-order valence-electron chi connectivity index (χ3n) is 3.46. The molecule has 1 unspecified atom stereocenters. The minimum absolute atomic E-state index is 0.142. The summed E-state index contributed by atoms with van der Waals surface area (Å²) in [6, 6.07) is 10.0. The number of likely N-dealkylation sites (tertiary alicyclic amines) is 1. The van der Waals surface area contributed by atoms with Crippen molar-refractivity contribution in [2.24, 2.45) is 0 Å². The highest BCUT2D eigenvalue weighted by atomic mass is 32.1. The Bertz CT molecular complexity index is 600. The lowest BCUT2D eigenvalue weighted by Gasteiger charge is -2.24. The van der Waals surface area contributed by atoms with Crippen LogP contribution in [0.15, 0.2) is 41.8 Å². The lowest BCUT2D eigenvalue weighted by molar-refractivity contribution is 0.208. The molecule has 0 spiro atoms. The van der Waals surface area contributed by atoms with E-state index in [0.717, 1.165) is 19.4 Å². The zero-order valence-electron chi connectivity index (χ0n) is 10.9. The van der Waals surface area contributed by atoms with Crippen LogP contribution in [0.2, 0.25) is 0 Å². The van der Waals surface area contributed by atoms with E-state index in [1.54, 1.807) is 23.5 Å². The van der Waals surface area contributed by atoms with Gasteiger partial charge in [-0.25, -0.2) is 9.18 Å². The first-order valence-electron chi connectivity index (χ1n) is 6.60. The number of rotatable bonds is 2. The third-order valence-corrected chi connectivity index (χ3v) is 4.43. The van der Waals surface area contributed by atoms with E-state index in [1.165, 1.54) is 17.0 Å². The predicted octanol–water partition coefficient (Wildman–Crippen LogP) is 4.26. The molecule has 0 saturated carbocycles. The largest absolute Gasteiger partial charge is 0.322 e. The number of anilines is 1. The van der Waals surface area contributed by atoms with Gasteiger partial charge in [0.2, 0.25) is 0 Å². The van der Waals surface area contributed by atoms with Crippen LogP contribution in [0.4, 0.5) is 14.9 Å². The number of nitrogens with zero attached hydrogens (tertiary/aromatic N) is 1. The Hall–Kier alpha value is -1.88. The summed E-state index contributed by atoms with van der Waals surface area (Å²) in [6.07, 6.45) is 1.98. The zero-order valence-corrected chi connectivity index (χ0v) is 11.7. The van der Waals surface area contributed by atoms with Gasteiger partial charge in [0.05, 0.1) is 6.04 Å². The molecule has 5 heteroatoms. The van der Waals surface area contributed by atoms with Crippen molar-refractivity contribution in [1.82, 2.24) is 4.90 Å². The van der Waals surface area contributed by atoms with Crippen molar-refractivity contribution >= 4 is 23.1 Å². The smallest absolute Gasteiger partial charge is 0.317 e. The first-order valence-corrected chi connectivity index (χ1v) is 7.48. The number of amides is 2. The number of halogens is 1. The summed E-state index contributed by atoms with van der Waals surface area (Å²) in [5, 5.41) is 4.79. The fraction of sp³-hybridized carbons (Fsp3) is 0.267. The van der Waals surface area contributed by atoms with Crippen LogP contribution in [0.25, 0.3) is 0 Å². The second-order valence-electron chi connectivity index (χ2n) is 4.81. The van der Waals surface area contributed by atoms with E-state index in [2.05, 4.69) is 11.4 Å². The Morgan fingerprint density at radius 3 is 3.00 bits per heavy atom. The monoisotopic (exact) mass is 290 g/mol. The summed E-state index contributed by atoms with van der Waals surface area (Å²) >= 11 is 1.67. The van der Waals surface area contributed by atoms with Crippen molar-refractivity contribution in [3.8, 4) is 0 Å². The minimum Gasteiger partial charge on any atom is -0.317 e. The molecule has 1 aromatic carbocycles. The molecule has 2 aromatic rings. The predicted molar refractivity (Wildman–Crippen MR) is 78.4 cm³/mol. The number of urea groups is 1. The number of nitrogens with one attached hydrogen (secondary N) is 1. The van der Waals surface area contributed by atoms with Gasteiger partial charge in [0.25, 0.3) is 0 Å². The summed E-state index contributed by atoms with van der Waals surface area (Å²) in [6.45, 7) is 0.740. The maximum Gasteiger partial charge on any atom is 0.322 e.